The molecule has 0 aliphatic heterocycles. The molecule has 6 heteroatoms. The molecule has 0 N–H and O–H groups in total. The van der Waals surface area contributed by atoms with Crippen molar-refractivity contribution in [3.05, 3.63) is 79.3 Å². The van der Waals surface area contributed by atoms with Crippen LogP contribution in [0.3, 0.4) is 0 Å². The van der Waals surface area contributed by atoms with Crippen molar-refractivity contribution in [3.63, 3.8) is 0 Å². The van der Waals surface area contributed by atoms with Crippen molar-refractivity contribution in [2.45, 2.75) is 17.3 Å². The summed E-state index contributed by atoms with van der Waals surface area (Å²) in [5.74, 6) is 8.00. The third-order valence-electron chi connectivity index (χ3n) is 5.94. The van der Waals surface area contributed by atoms with Crippen LogP contribution >= 0.6 is 0 Å². The first-order valence-corrected chi connectivity index (χ1v) is 18.0. The summed E-state index contributed by atoms with van der Waals surface area (Å²) >= 11 is -1.97. The van der Waals surface area contributed by atoms with E-state index < -0.39 is 13.3 Å². The molecule has 0 amide bonds. The second-order valence-electron chi connectivity index (χ2n) is 9.08. The van der Waals surface area contributed by atoms with E-state index in [1.165, 1.54) is 4.40 Å². The van der Waals surface area contributed by atoms with Gasteiger partial charge in [-0.25, -0.2) is 0 Å². The van der Waals surface area contributed by atoms with E-state index in [4.69, 9.17) is 9.40 Å². The number of aromatic nitrogens is 4. The molecule has 0 aliphatic carbocycles. The van der Waals surface area contributed by atoms with Gasteiger partial charge in [0.2, 0.25) is 0 Å². The third kappa shape index (κ3) is 2.96. The van der Waals surface area contributed by atoms with E-state index in [-0.39, 0.29) is 0 Å². The zero-order valence-corrected chi connectivity index (χ0v) is 20.3. The van der Waals surface area contributed by atoms with Crippen LogP contribution in [-0.4, -0.2) is 32.8 Å². The Morgan fingerprint density at radius 3 is 2.53 bits per heavy atom. The number of fused-ring (bicyclic) bond motifs is 4. The number of nitrogens with zero attached hydrogens (tertiary/aromatic N) is 4. The number of rotatable bonds is 3. The summed E-state index contributed by atoms with van der Waals surface area (Å²) < 4.78 is 10.0. The summed E-state index contributed by atoms with van der Waals surface area (Å²) in [6.45, 7) is 0. The van der Waals surface area contributed by atoms with E-state index in [0.29, 0.717) is 0 Å². The predicted octanol–water partition coefficient (Wildman–Crippen LogP) is 5.93. The van der Waals surface area contributed by atoms with Crippen molar-refractivity contribution in [3.8, 4) is 17.1 Å². The van der Waals surface area contributed by atoms with Crippen molar-refractivity contribution in [1.29, 1.82) is 0 Å². The van der Waals surface area contributed by atoms with Crippen LogP contribution in [-0.2, 0) is 0 Å². The normalized spacial score (nSPS) is 12.2. The zero-order valence-electron chi connectivity index (χ0n) is 18.2. The maximum atomic E-state index is 6.50. The minimum atomic E-state index is -1.97. The summed E-state index contributed by atoms with van der Waals surface area (Å²) in [6, 6.07) is 23.2. The van der Waals surface area contributed by atoms with Crippen molar-refractivity contribution in [2.75, 3.05) is 0 Å². The summed E-state index contributed by atoms with van der Waals surface area (Å²) in [4.78, 5) is 13.6. The molecular weight excluding hydrogens is 457 g/mol. The van der Waals surface area contributed by atoms with Gasteiger partial charge in [-0.05, 0) is 0 Å². The Morgan fingerprint density at radius 2 is 1.72 bits per heavy atom. The van der Waals surface area contributed by atoms with Crippen molar-refractivity contribution in [2.24, 2.45) is 0 Å². The molecule has 5 nitrogen and oxygen atoms in total. The van der Waals surface area contributed by atoms with Gasteiger partial charge in [-0.15, -0.1) is 0 Å². The molecule has 0 unspecified atom stereocenters. The Hall–Kier alpha value is -3.45. The van der Waals surface area contributed by atoms with Crippen molar-refractivity contribution < 1.29 is 4.42 Å². The van der Waals surface area contributed by atoms with Crippen LogP contribution in [0.2, 0.25) is 17.3 Å². The Bertz CT molecular complexity index is 1610. The van der Waals surface area contributed by atoms with E-state index in [9.17, 15) is 0 Å². The van der Waals surface area contributed by atoms with E-state index in [0.717, 1.165) is 50.2 Å². The molecule has 0 spiro atoms. The molecule has 3 aromatic heterocycles. The van der Waals surface area contributed by atoms with Gasteiger partial charge in [0.1, 0.15) is 0 Å². The quantitative estimate of drug-likeness (QED) is 0.296. The molecule has 0 bridgehead atoms. The first-order chi connectivity index (χ1) is 15.5. The Balaban J connectivity index is 1.67. The predicted molar refractivity (Wildman–Crippen MR) is 132 cm³/mol. The van der Waals surface area contributed by atoms with Gasteiger partial charge < -0.3 is 0 Å². The molecule has 0 atom stereocenters. The van der Waals surface area contributed by atoms with Crippen LogP contribution in [0.15, 0.2) is 83.7 Å². The van der Waals surface area contributed by atoms with Gasteiger partial charge in [0.05, 0.1) is 0 Å². The third-order valence-corrected chi connectivity index (χ3v) is 10.2. The molecule has 156 valence electrons. The van der Waals surface area contributed by atoms with Gasteiger partial charge >= 0.3 is 188 Å². The van der Waals surface area contributed by atoms with Gasteiger partial charge in [-0.3, -0.25) is 0 Å². The number of hydrogen-bond acceptors (Lipinski definition) is 4. The molecule has 0 aliphatic rings. The summed E-state index contributed by atoms with van der Waals surface area (Å²) in [7, 11) is 0. The van der Waals surface area contributed by atoms with Crippen molar-refractivity contribution in [1.82, 2.24) is 19.5 Å². The second-order valence-corrected chi connectivity index (χ2v) is 19.7. The van der Waals surface area contributed by atoms with Crippen LogP contribution in [0.4, 0.5) is 0 Å². The fourth-order valence-corrected chi connectivity index (χ4v) is 6.68. The van der Waals surface area contributed by atoms with Crippen LogP contribution in [0.25, 0.3) is 50.2 Å². The minimum absolute atomic E-state index is 0.752. The number of hydrogen-bond donors (Lipinski definition) is 0. The van der Waals surface area contributed by atoms with E-state index >= 15 is 0 Å². The maximum absolute atomic E-state index is 6.50. The molecule has 0 fully saturated rings. The zero-order chi connectivity index (χ0) is 21.9. The fourth-order valence-electron chi connectivity index (χ4n) is 4.27. The summed E-state index contributed by atoms with van der Waals surface area (Å²) in [5, 5.41) is 2.24. The molecule has 3 aromatic carbocycles. The van der Waals surface area contributed by atoms with E-state index in [2.05, 4.69) is 80.3 Å². The van der Waals surface area contributed by atoms with Crippen LogP contribution in [0, 0.1) is 0 Å². The summed E-state index contributed by atoms with van der Waals surface area (Å²) in [5.41, 5.74) is 5.26. The topological polar surface area (TPSA) is 56.7 Å². The number of furan rings is 1. The molecule has 6 aromatic rings. The Kier molecular flexibility index (Phi) is 4.23. The molecule has 6 rings (SSSR count). The SMILES string of the molecule is [CH3][Ge]([CH3])([CH3])[c]1ccc2c(c1)oc1c(-c3nc4cncnc4n3-c3ccccc3)cccc12. The van der Waals surface area contributed by atoms with Gasteiger partial charge in [0.25, 0.3) is 0 Å². The molecule has 3 heterocycles. The summed E-state index contributed by atoms with van der Waals surface area (Å²) in [6.07, 6.45) is 3.32. The average Bonchev–Trinajstić information content (AvgIpc) is 3.37. The fraction of sp³-hybridized carbons (Fsp3) is 0.115. The first-order valence-electron chi connectivity index (χ1n) is 10.7. The van der Waals surface area contributed by atoms with Crippen LogP contribution in [0.1, 0.15) is 0 Å². The van der Waals surface area contributed by atoms with Crippen molar-refractivity contribution >= 4 is 50.8 Å². The second kappa shape index (κ2) is 7.03. The van der Waals surface area contributed by atoms with Crippen LogP contribution < -0.4 is 4.40 Å². The Morgan fingerprint density at radius 1 is 0.875 bits per heavy atom. The number of para-hydroxylation sites is 2. The van der Waals surface area contributed by atoms with Gasteiger partial charge in [-0.1, -0.05) is 0 Å². The van der Waals surface area contributed by atoms with Crippen LogP contribution in [0.5, 0.6) is 0 Å². The molecule has 0 saturated carbocycles. The first kappa shape index (κ1) is 19.3. The molecule has 32 heavy (non-hydrogen) atoms. The number of imidazole rings is 1. The molecular formula is C26H22GeN4O. The van der Waals surface area contributed by atoms with E-state index in [1.54, 1.807) is 12.5 Å². The van der Waals surface area contributed by atoms with E-state index in [1.807, 2.05) is 18.2 Å². The van der Waals surface area contributed by atoms with Gasteiger partial charge in [-0.2, -0.15) is 0 Å². The van der Waals surface area contributed by atoms with Gasteiger partial charge in [0.15, 0.2) is 0 Å². The van der Waals surface area contributed by atoms with Gasteiger partial charge in [0, 0.05) is 0 Å². The monoisotopic (exact) mass is 480 g/mol. The average molecular weight is 479 g/mol. The Labute approximate surface area is 188 Å². The number of benzene rings is 3. The molecule has 0 saturated heterocycles. The molecule has 0 radical (unpaired) electrons. The standard InChI is InChI=1S/C26H22GeN4O/c1-27(2,3)17-12-13-19-20-10-7-11-21(24(20)32-23(19)14-17)25-30-22-15-28-16-29-26(22)31(25)18-8-5-4-6-9-18/h4-16H,1-3H3.